The second-order valence-corrected chi connectivity index (χ2v) is 10.6. The van der Waals surface area contributed by atoms with Crippen LogP contribution in [0.5, 0.6) is 0 Å². The first-order valence-electron chi connectivity index (χ1n) is 13.8. The summed E-state index contributed by atoms with van der Waals surface area (Å²) in [6, 6.07) is 0. The molecule has 4 heterocycles. The second-order valence-electron chi connectivity index (χ2n) is 10.6. The van der Waals surface area contributed by atoms with Crippen molar-refractivity contribution in [2.45, 2.75) is 55.4 Å². The summed E-state index contributed by atoms with van der Waals surface area (Å²) in [6.45, 7) is 14.3. The van der Waals surface area contributed by atoms with Gasteiger partial charge in [-0.3, -0.25) is 14.4 Å². The molecule has 4 aromatic heterocycles. The lowest BCUT2D eigenvalue weighted by molar-refractivity contribution is -0.129. The third-order valence-electron chi connectivity index (χ3n) is 6.02. The van der Waals surface area contributed by atoms with Crippen molar-refractivity contribution in [3.63, 3.8) is 0 Å². The maximum atomic E-state index is 12.5. The molecule has 0 saturated carbocycles. The van der Waals surface area contributed by atoms with Gasteiger partial charge in [0.25, 0.3) is 0 Å². The number of hydrogen-bond acceptors (Lipinski definition) is 11. The fourth-order valence-electron chi connectivity index (χ4n) is 3.52. The van der Waals surface area contributed by atoms with E-state index in [1.807, 2.05) is 20.8 Å². The molecule has 0 atom stereocenters. The third kappa shape index (κ3) is 8.47. The van der Waals surface area contributed by atoms with Crippen molar-refractivity contribution in [3.05, 3.63) is 61.2 Å². The van der Waals surface area contributed by atoms with E-state index in [2.05, 4.69) is 45.2 Å². The smallest absolute Gasteiger partial charge is 0.236 e. The number of hydrogen-bond donors (Lipinski definition) is 1. The number of amides is 3. The molecule has 0 unspecified atom stereocenters. The first-order valence-corrected chi connectivity index (χ1v) is 13.8. The standard InChI is InChI=1S/C17H21N5O2.C13H15N5O/c1-10(2)16(23)22(17(24)11(3)4)14-8-20-15(21-12(14)5)13-6-18-9-19-7-13;1-8(2)13(19)18-11-6-16-12(17-9(11)3)10-4-14-7-15-5-10/h6-11H,1-5H3;4-8H,1-3H3,(H,18,19). The molecular formula is C30H36N10O3. The zero-order chi connectivity index (χ0) is 31.7. The molecule has 13 nitrogen and oxygen atoms in total. The molecule has 0 aliphatic carbocycles. The van der Waals surface area contributed by atoms with Gasteiger partial charge in [-0.2, -0.15) is 0 Å². The van der Waals surface area contributed by atoms with Crippen molar-refractivity contribution in [2.75, 3.05) is 10.2 Å². The van der Waals surface area contributed by atoms with Gasteiger partial charge in [-0.05, 0) is 13.8 Å². The topological polar surface area (TPSA) is 170 Å². The van der Waals surface area contributed by atoms with E-state index in [1.165, 1.54) is 23.8 Å². The molecule has 4 rings (SSSR count). The molecule has 0 fully saturated rings. The number of rotatable bonds is 7. The van der Waals surface area contributed by atoms with Gasteiger partial charge in [0.15, 0.2) is 11.6 Å². The molecule has 1 N–H and O–H groups in total. The minimum absolute atomic E-state index is 0.0532. The number of carbonyl (C=O) groups is 3. The van der Waals surface area contributed by atoms with Crippen molar-refractivity contribution >= 4 is 29.1 Å². The van der Waals surface area contributed by atoms with Gasteiger partial charge in [-0.25, -0.2) is 44.8 Å². The summed E-state index contributed by atoms with van der Waals surface area (Å²) in [7, 11) is 0. The van der Waals surface area contributed by atoms with Gasteiger partial charge in [-0.15, -0.1) is 0 Å². The number of carbonyl (C=O) groups excluding carboxylic acids is 3. The summed E-state index contributed by atoms with van der Waals surface area (Å²) in [5.41, 5.74) is 3.71. The summed E-state index contributed by atoms with van der Waals surface area (Å²) < 4.78 is 0. The van der Waals surface area contributed by atoms with Gasteiger partial charge in [0.2, 0.25) is 17.7 Å². The van der Waals surface area contributed by atoms with Crippen LogP contribution in [0.1, 0.15) is 52.9 Å². The van der Waals surface area contributed by atoms with E-state index in [0.717, 1.165) is 5.56 Å². The summed E-state index contributed by atoms with van der Waals surface area (Å²) in [6.07, 6.45) is 12.5. The van der Waals surface area contributed by atoms with Crippen molar-refractivity contribution in [1.29, 1.82) is 0 Å². The Bertz CT molecular complexity index is 1540. The Hall–Kier alpha value is -5.07. The maximum absolute atomic E-state index is 12.5. The molecular weight excluding hydrogens is 548 g/mol. The van der Waals surface area contributed by atoms with Crippen molar-refractivity contribution in [1.82, 2.24) is 39.9 Å². The number of aryl methyl sites for hydroxylation is 2. The van der Waals surface area contributed by atoms with Crippen molar-refractivity contribution in [3.8, 4) is 22.8 Å². The molecule has 0 radical (unpaired) electrons. The first kappa shape index (κ1) is 32.4. The molecule has 0 aliphatic heterocycles. The van der Waals surface area contributed by atoms with Crippen LogP contribution in [0.2, 0.25) is 0 Å². The lowest BCUT2D eigenvalue weighted by atomic mass is 10.1. The monoisotopic (exact) mass is 584 g/mol. The SMILES string of the molecule is Cc1nc(-c2cncnc2)ncc1N(C(=O)C(C)C)C(=O)C(C)C.Cc1nc(-c2cncnc2)ncc1NC(=O)C(C)C. The molecule has 3 amide bonds. The Kier molecular flexibility index (Phi) is 11.1. The van der Waals surface area contributed by atoms with E-state index in [1.54, 1.807) is 65.6 Å². The van der Waals surface area contributed by atoms with Crippen LogP contribution in [0.3, 0.4) is 0 Å². The van der Waals surface area contributed by atoms with Crippen molar-refractivity contribution in [2.24, 2.45) is 17.8 Å². The predicted molar refractivity (Wildman–Crippen MR) is 161 cm³/mol. The Morgan fingerprint density at radius 2 is 1.07 bits per heavy atom. The summed E-state index contributed by atoms with van der Waals surface area (Å²) >= 11 is 0. The highest BCUT2D eigenvalue weighted by Crippen LogP contribution is 2.24. The molecule has 0 saturated heterocycles. The molecule has 43 heavy (non-hydrogen) atoms. The van der Waals surface area contributed by atoms with Crippen LogP contribution in [0, 0.1) is 31.6 Å². The zero-order valence-electron chi connectivity index (χ0n) is 25.6. The Balaban J connectivity index is 0.000000242. The molecule has 13 heteroatoms. The van der Waals surface area contributed by atoms with E-state index >= 15 is 0 Å². The average molecular weight is 585 g/mol. The Morgan fingerprint density at radius 1 is 0.628 bits per heavy atom. The molecule has 0 aromatic carbocycles. The zero-order valence-corrected chi connectivity index (χ0v) is 25.6. The van der Waals surface area contributed by atoms with E-state index < -0.39 is 0 Å². The fourth-order valence-corrected chi connectivity index (χ4v) is 3.52. The molecule has 0 aliphatic rings. The van der Waals surface area contributed by atoms with Crippen LogP contribution in [0.25, 0.3) is 22.8 Å². The molecule has 0 spiro atoms. The Labute approximate surface area is 250 Å². The van der Waals surface area contributed by atoms with Crippen LogP contribution in [0.15, 0.2) is 49.8 Å². The summed E-state index contributed by atoms with van der Waals surface area (Å²) in [4.78, 5) is 70.9. The third-order valence-corrected chi connectivity index (χ3v) is 6.02. The fraction of sp³-hybridized carbons (Fsp3) is 0.367. The predicted octanol–water partition coefficient (Wildman–Crippen LogP) is 4.25. The van der Waals surface area contributed by atoms with Crippen LogP contribution in [-0.2, 0) is 14.4 Å². The van der Waals surface area contributed by atoms with E-state index in [-0.39, 0.29) is 35.5 Å². The molecule has 224 valence electrons. The van der Waals surface area contributed by atoms with E-state index in [0.29, 0.717) is 40.0 Å². The van der Waals surface area contributed by atoms with Gasteiger partial charge in [0.05, 0.1) is 46.3 Å². The highest BCUT2D eigenvalue weighted by molar-refractivity contribution is 6.16. The van der Waals surface area contributed by atoms with Crippen LogP contribution in [0.4, 0.5) is 11.4 Å². The number of imide groups is 1. The number of nitrogens with zero attached hydrogens (tertiary/aromatic N) is 9. The van der Waals surface area contributed by atoms with Gasteiger partial charge < -0.3 is 5.32 Å². The highest BCUT2D eigenvalue weighted by atomic mass is 16.2. The summed E-state index contributed by atoms with van der Waals surface area (Å²) in [5, 5.41) is 2.79. The van der Waals surface area contributed by atoms with Gasteiger partial charge >= 0.3 is 0 Å². The number of nitrogens with one attached hydrogen (secondary N) is 1. The minimum Gasteiger partial charge on any atom is -0.323 e. The van der Waals surface area contributed by atoms with Gasteiger partial charge in [-0.1, -0.05) is 41.5 Å². The van der Waals surface area contributed by atoms with Crippen molar-refractivity contribution < 1.29 is 14.4 Å². The lowest BCUT2D eigenvalue weighted by Crippen LogP contribution is -2.42. The normalized spacial score (nSPS) is 10.8. The van der Waals surface area contributed by atoms with Crippen LogP contribution >= 0.6 is 0 Å². The number of aromatic nitrogens is 8. The first-order chi connectivity index (χ1) is 20.4. The summed E-state index contributed by atoms with van der Waals surface area (Å²) in [5.74, 6) is -0.300. The maximum Gasteiger partial charge on any atom is 0.236 e. The number of anilines is 2. The highest BCUT2D eigenvalue weighted by Gasteiger charge is 2.29. The Morgan fingerprint density at radius 3 is 1.47 bits per heavy atom. The van der Waals surface area contributed by atoms with Crippen LogP contribution < -0.4 is 10.2 Å². The van der Waals surface area contributed by atoms with Gasteiger partial charge in [0, 0.05) is 42.5 Å². The van der Waals surface area contributed by atoms with Crippen LogP contribution in [-0.4, -0.2) is 57.6 Å². The van der Waals surface area contributed by atoms with Gasteiger partial charge in [0.1, 0.15) is 12.7 Å². The average Bonchev–Trinajstić information content (AvgIpc) is 2.99. The second kappa shape index (κ2) is 14.7. The quantitative estimate of drug-likeness (QED) is 0.329. The lowest BCUT2D eigenvalue weighted by Gasteiger charge is -2.25. The van der Waals surface area contributed by atoms with E-state index in [4.69, 9.17) is 0 Å². The van der Waals surface area contributed by atoms with E-state index in [9.17, 15) is 14.4 Å². The molecule has 4 aromatic rings. The molecule has 0 bridgehead atoms. The minimum atomic E-state index is -0.311. The largest absolute Gasteiger partial charge is 0.323 e.